The number of ether oxygens (including phenoxy) is 1. The SMILES string of the molecule is COc1cc([N+](=O)[O-])cc(/C=C2\C(=O)NC(=S)N(c3ccc(Br)cc3)C2=O)c1O. The minimum Gasteiger partial charge on any atom is -0.504 e. The van der Waals surface area contributed by atoms with Crippen LogP contribution in [0.15, 0.2) is 46.4 Å². The number of carbonyl (C=O) groups excluding carboxylic acids is 2. The van der Waals surface area contributed by atoms with Gasteiger partial charge in [-0.1, -0.05) is 15.9 Å². The van der Waals surface area contributed by atoms with Crippen molar-refractivity contribution in [2.24, 2.45) is 0 Å². The Bertz CT molecular complexity index is 1080. The molecule has 0 radical (unpaired) electrons. The molecule has 1 heterocycles. The predicted molar refractivity (Wildman–Crippen MR) is 112 cm³/mol. The molecule has 11 heteroatoms. The number of thiocarbonyl (C=S) groups is 1. The lowest BCUT2D eigenvalue weighted by Crippen LogP contribution is -2.54. The van der Waals surface area contributed by atoms with E-state index in [0.717, 1.165) is 27.6 Å². The summed E-state index contributed by atoms with van der Waals surface area (Å²) in [6.45, 7) is 0. The first kappa shape index (κ1) is 20.4. The zero-order valence-corrected chi connectivity index (χ0v) is 17.1. The first-order chi connectivity index (χ1) is 13.7. The fourth-order valence-electron chi connectivity index (χ4n) is 2.62. The van der Waals surface area contributed by atoms with Crippen LogP contribution in [0.3, 0.4) is 0 Å². The number of carbonyl (C=O) groups is 2. The van der Waals surface area contributed by atoms with Gasteiger partial charge in [0.1, 0.15) is 5.57 Å². The van der Waals surface area contributed by atoms with Crippen LogP contribution in [0.25, 0.3) is 6.08 Å². The number of non-ortho nitro benzene ring substituents is 1. The molecule has 2 aromatic carbocycles. The second kappa shape index (κ2) is 7.97. The molecule has 148 valence electrons. The van der Waals surface area contributed by atoms with Gasteiger partial charge in [0.25, 0.3) is 17.5 Å². The minimum absolute atomic E-state index is 0.111. The molecule has 0 atom stereocenters. The Morgan fingerprint density at radius 1 is 1.28 bits per heavy atom. The van der Waals surface area contributed by atoms with E-state index in [-0.39, 0.29) is 27.7 Å². The van der Waals surface area contributed by atoms with Crippen LogP contribution in [0.2, 0.25) is 0 Å². The van der Waals surface area contributed by atoms with E-state index in [4.69, 9.17) is 17.0 Å². The number of nitrogens with one attached hydrogen (secondary N) is 1. The number of hydrogen-bond acceptors (Lipinski definition) is 7. The van der Waals surface area contributed by atoms with Crippen molar-refractivity contribution in [2.45, 2.75) is 0 Å². The Balaban J connectivity index is 2.11. The molecular formula is C18H12BrN3O6S. The van der Waals surface area contributed by atoms with E-state index in [1.54, 1.807) is 24.3 Å². The van der Waals surface area contributed by atoms with Crippen molar-refractivity contribution in [1.82, 2.24) is 5.32 Å². The van der Waals surface area contributed by atoms with Crippen molar-refractivity contribution in [1.29, 1.82) is 0 Å². The highest BCUT2D eigenvalue weighted by atomic mass is 79.9. The molecule has 0 bridgehead atoms. The lowest BCUT2D eigenvalue weighted by molar-refractivity contribution is -0.385. The molecule has 0 aromatic heterocycles. The molecule has 29 heavy (non-hydrogen) atoms. The number of phenolic OH excluding ortho intramolecular Hbond substituents is 1. The number of anilines is 1. The summed E-state index contributed by atoms with van der Waals surface area (Å²) in [5.74, 6) is -2.16. The van der Waals surface area contributed by atoms with Crippen molar-refractivity contribution in [2.75, 3.05) is 12.0 Å². The molecule has 0 saturated carbocycles. The molecule has 3 rings (SSSR count). The van der Waals surface area contributed by atoms with Gasteiger partial charge in [0.05, 0.1) is 23.8 Å². The highest BCUT2D eigenvalue weighted by Gasteiger charge is 2.35. The summed E-state index contributed by atoms with van der Waals surface area (Å²) < 4.78 is 5.72. The summed E-state index contributed by atoms with van der Waals surface area (Å²) >= 11 is 8.40. The van der Waals surface area contributed by atoms with E-state index in [9.17, 15) is 24.8 Å². The topological polar surface area (TPSA) is 122 Å². The zero-order chi connectivity index (χ0) is 21.3. The average Bonchev–Trinajstić information content (AvgIpc) is 2.67. The van der Waals surface area contributed by atoms with Gasteiger partial charge in [-0.2, -0.15) is 0 Å². The van der Waals surface area contributed by atoms with E-state index in [2.05, 4.69) is 21.2 Å². The molecule has 0 unspecified atom stereocenters. The summed E-state index contributed by atoms with van der Waals surface area (Å²) in [5.41, 5.74) is -0.456. The minimum atomic E-state index is -0.793. The van der Waals surface area contributed by atoms with Crippen LogP contribution in [0.1, 0.15) is 5.56 Å². The number of amides is 2. The summed E-state index contributed by atoms with van der Waals surface area (Å²) in [6, 6.07) is 8.70. The number of methoxy groups -OCH3 is 1. The second-order valence-electron chi connectivity index (χ2n) is 5.78. The van der Waals surface area contributed by atoms with Gasteiger partial charge in [-0.3, -0.25) is 29.9 Å². The van der Waals surface area contributed by atoms with Gasteiger partial charge in [-0.05, 0) is 42.6 Å². The number of benzene rings is 2. The van der Waals surface area contributed by atoms with Crippen molar-refractivity contribution in [3.05, 3.63) is 62.1 Å². The van der Waals surface area contributed by atoms with Crippen molar-refractivity contribution in [3.63, 3.8) is 0 Å². The fraction of sp³-hybridized carbons (Fsp3) is 0.0556. The maximum Gasteiger partial charge on any atom is 0.274 e. The van der Waals surface area contributed by atoms with Gasteiger partial charge in [0.15, 0.2) is 16.6 Å². The lowest BCUT2D eigenvalue weighted by Gasteiger charge is -2.29. The first-order valence-corrected chi connectivity index (χ1v) is 9.15. The van der Waals surface area contributed by atoms with Crippen molar-refractivity contribution in [3.8, 4) is 11.5 Å². The van der Waals surface area contributed by atoms with Crippen LogP contribution in [-0.2, 0) is 9.59 Å². The van der Waals surface area contributed by atoms with E-state index in [0.29, 0.717) is 5.69 Å². The normalized spacial score (nSPS) is 15.4. The van der Waals surface area contributed by atoms with Gasteiger partial charge in [-0.25, -0.2) is 0 Å². The number of nitro benzene ring substituents is 1. The Hall–Kier alpha value is -3.31. The summed E-state index contributed by atoms with van der Waals surface area (Å²) in [4.78, 5) is 36.9. The monoisotopic (exact) mass is 477 g/mol. The van der Waals surface area contributed by atoms with Gasteiger partial charge in [0.2, 0.25) is 0 Å². The molecular weight excluding hydrogens is 466 g/mol. The number of nitrogens with zero attached hydrogens (tertiary/aromatic N) is 2. The van der Waals surface area contributed by atoms with Crippen LogP contribution in [0, 0.1) is 10.1 Å². The summed E-state index contributed by atoms with van der Waals surface area (Å²) in [5, 5.41) is 23.7. The fourth-order valence-corrected chi connectivity index (χ4v) is 3.17. The van der Waals surface area contributed by atoms with Crippen LogP contribution < -0.4 is 15.0 Å². The summed E-state index contributed by atoms with van der Waals surface area (Å²) in [7, 11) is 1.22. The molecule has 9 nitrogen and oxygen atoms in total. The molecule has 2 aromatic rings. The van der Waals surface area contributed by atoms with Crippen LogP contribution in [-0.4, -0.2) is 34.1 Å². The van der Waals surface area contributed by atoms with Crippen molar-refractivity contribution < 1.29 is 24.4 Å². The number of rotatable bonds is 4. The standard InChI is InChI=1S/C18H12BrN3O6S/c1-28-14-8-12(22(26)27)6-9(15(14)23)7-13-16(24)20-18(29)21(17(13)25)11-4-2-10(19)3-5-11/h2-8,23H,1H3,(H,20,24,29)/b13-7+. The molecule has 2 amide bonds. The lowest BCUT2D eigenvalue weighted by atomic mass is 10.0. The number of halogens is 1. The van der Waals surface area contributed by atoms with Crippen LogP contribution >= 0.6 is 28.1 Å². The second-order valence-corrected chi connectivity index (χ2v) is 7.08. The molecule has 2 N–H and O–H groups in total. The first-order valence-electron chi connectivity index (χ1n) is 7.95. The summed E-state index contributed by atoms with van der Waals surface area (Å²) in [6.07, 6.45) is 1.05. The number of hydrogen-bond donors (Lipinski definition) is 2. The quantitative estimate of drug-likeness (QED) is 0.228. The molecule has 1 fully saturated rings. The number of phenols is 1. The average molecular weight is 478 g/mol. The van der Waals surface area contributed by atoms with Crippen LogP contribution in [0.5, 0.6) is 11.5 Å². The molecule has 0 spiro atoms. The number of nitro groups is 1. The maximum absolute atomic E-state index is 13.0. The molecule has 1 aliphatic heterocycles. The Labute approximate surface area is 177 Å². The Morgan fingerprint density at radius 3 is 2.52 bits per heavy atom. The highest BCUT2D eigenvalue weighted by Crippen LogP contribution is 2.36. The Kier molecular flexibility index (Phi) is 5.62. The number of aromatic hydroxyl groups is 1. The van der Waals surface area contributed by atoms with Crippen LogP contribution in [0.4, 0.5) is 11.4 Å². The van der Waals surface area contributed by atoms with Gasteiger partial charge < -0.3 is 9.84 Å². The maximum atomic E-state index is 13.0. The molecule has 1 saturated heterocycles. The smallest absolute Gasteiger partial charge is 0.274 e. The third-order valence-corrected chi connectivity index (χ3v) is 4.82. The Morgan fingerprint density at radius 2 is 1.93 bits per heavy atom. The van der Waals surface area contributed by atoms with E-state index in [1.807, 2.05) is 0 Å². The predicted octanol–water partition coefficient (Wildman–Crippen LogP) is 2.90. The van der Waals surface area contributed by atoms with Gasteiger partial charge in [-0.15, -0.1) is 0 Å². The largest absolute Gasteiger partial charge is 0.504 e. The zero-order valence-electron chi connectivity index (χ0n) is 14.7. The third-order valence-electron chi connectivity index (χ3n) is 4.01. The van der Waals surface area contributed by atoms with E-state index >= 15 is 0 Å². The van der Waals surface area contributed by atoms with E-state index < -0.39 is 22.5 Å². The van der Waals surface area contributed by atoms with Crippen molar-refractivity contribution >= 4 is 62.5 Å². The third kappa shape index (κ3) is 3.96. The van der Waals surface area contributed by atoms with Gasteiger partial charge in [0, 0.05) is 16.1 Å². The van der Waals surface area contributed by atoms with Gasteiger partial charge >= 0.3 is 0 Å². The molecule has 1 aliphatic rings. The van der Waals surface area contributed by atoms with E-state index in [1.165, 1.54) is 7.11 Å². The molecule has 0 aliphatic carbocycles. The highest BCUT2D eigenvalue weighted by molar-refractivity contribution is 9.10.